The van der Waals surface area contributed by atoms with Gasteiger partial charge in [-0.25, -0.2) is 4.98 Å². The molecular formula is C12H9N3OS. The summed E-state index contributed by atoms with van der Waals surface area (Å²) in [5.74, 6) is -0.286. The number of nitriles is 1. The van der Waals surface area contributed by atoms with Gasteiger partial charge in [0.2, 0.25) is 0 Å². The van der Waals surface area contributed by atoms with Crippen LogP contribution in [0.5, 0.6) is 0 Å². The number of aromatic nitrogens is 1. The maximum Gasteiger partial charge on any atom is 0.284 e. The zero-order chi connectivity index (χ0) is 12.3. The number of thiazole rings is 1. The van der Waals surface area contributed by atoms with Crippen LogP contribution in [0.15, 0.2) is 29.6 Å². The zero-order valence-electron chi connectivity index (χ0n) is 9.10. The van der Waals surface area contributed by atoms with Gasteiger partial charge < -0.3 is 5.32 Å². The van der Waals surface area contributed by atoms with Crippen molar-refractivity contribution in [2.75, 3.05) is 5.32 Å². The van der Waals surface area contributed by atoms with Crippen LogP contribution in [0.3, 0.4) is 0 Å². The lowest BCUT2D eigenvalue weighted by Gasteiger charge is -2.04. The maximum atomic E-state index is 11.8. The van der Waals surface area contributed by atoms with E-state index in [0.717, 1.165) is 5.69 Å². The molecule has 0 spiro atoms. The highest BCUT2D eigenvalue weighted by molar-refractivity contribution is 7.11. The zero-order valence-corrected chi connectivity index (χ0v) is 9.91. The van der Waals surface area contributed by atoms with E-state index < -0.39 is 0 Å². The minimum atomic E-state index is -0.286. The monoisotopic (exact) mass is 243 g/mol. The van der Waals surface area contributed by atoms with Crippen molar-refractivity contribution in [1.82, 2.24) is 4.98 Å². The van der Waals surface area contributed by atoms with E-state index in [0.29, 0.717) is 16.3 Å². The van der Waals surface area contributed by atoms with Gasteiger partial charge >= 0.3 is 0 Å². The largest absolute Gasteiger partial charge is 0.319 e. The van der Waals surface area contributed by atoms with Gasteiger partial charge in [0.15, 0.2) is 5.01 Å². The van der Waals surface area contributed by atoms with Crippen molar-refractivity contribution >= 4 is 22.9 Å². The number of nitrogens with zero attached hydrogens (tertiary/aromatic N) is 2. The number of carbonyl (C=O) groups is 1. The van der Waals surface area contributed by atoms with Crippen LogP contribution in [-0.4, -0.2) is 10.9 Å². The second-order valence-corrected chi connectivity index (χ2v) is 4.26. The number of anilines is 1. The first-order valence-corrected chi connectivity index (χ1v) is 5.81. The van der Waals surface area contributed by atoms with Crippen molar-refractivity contribution in [1.29, 1.82) is 5.26 Å². The lowest BCUT2D eigenvalue weighted by Crippen LogP contribution is -2.12. The minimum absolute atomic E-state index is 0.286. The van der Waals surface area contributed by atoms with Crippen LogP contribution < -0.4 is 5.32 Å². The third-order valence-electron chi connectivity index (χ3n) is 2.11. The Labute approximate surface area is 103 Å². The quantitative estimate of drug-likeness (QED) is 0.881. The molecule has 1 aromatic heterocycles. The summed E-state index contributed by atoms with van der Waals surface area (Å²) in [4.78, 5) is 15.9. The molecule has 0 bridgehead atoms. The molecule has 84 valence electrons. The van der Waals surface area contributed by atoms with Crippen LogP contribution in [0, 0.1) is 18.3 Å². The third-order valence-corrected chi connectivity index (χ3v) is 3.07. The summed E-state index contributed by atoms with van der Waals surface area (Å²) in [6.07, 6.45) is 0. The number of aryl methyl sites for hydroxylation is 1. The van der Waals surface area contributed by atoms with Gasteiger partial charge in [-0.15, -0.1) is 11.3 Å². The van der Waals surface area contributed by atoms with E-state index in [1.54, 1.807) is 24.3 Å². The fourth-order valence-corrected chi connectivity index (χ4v) is 2.01. The van der Waals surface area contributed by atoms with E-state index in [1.165, 1.54) is 11.3 Å². The lowest BCUT2D eigenvalue weighted by atomic mass is 10.2. The van der Waals surface area contributed by atoms with Gasteiger partial charge in [0, 0.05) is 11.1 Å². The highest BCUT2D eigenvalue weighted by Crippen LogP contribution is 2.16. The molecule has 1 amide bonds. The van der Waals surface area contributed by atoms with Gasteiger partial charge in [0.05, 0.1) is 11.3 Å². The van der Waals surface area contributed by atoms with E-state index in [-0.39, 0.29) is 5.91 Å². The smallest absolute Gasteiger partial charge is 0.284 e. The van der Waals surface area contributed by atoms with Crippen LogP contribution in [0.4, 0.5) is 5.69 Å². The summed E-state index contributed by atoms with van der Waals surface area (Å²) in [6.45, 7) is 1.83. The van der Waals surface area contributed by atoms with Crippen LogP contribution >= 0.6 is 11.3 Å². The Hall–Kier alpha value is -2.19. The SMILES string of the molecule is Cc1csc(C(=O)Nc2ccccc2C#N)n1. The summed E-state index contributed by atoms with van der Waals surface area (Å²) in [5, 5.41) is 13.8. The molecule has 1 heterocycles. The van der Waals surface area contributed by atoms with Crippen molar-refractivity contribution in [2.45, 2.75) is 6.92 Å². The summed E-state index contributed by atoms with van der Waals surface area (Å²) in [6, 6.07) is 8.89. The molecule has 1 aromatic carbocycles. The predicted molar refractivity (Wildman–Crippen MR) is 66.0 cm³/mol. The first-order chi connectivity index (χ1) is 8.20. The molecule has 1 N–H and O–H groups in total. The number of benzene rings is 1. The molecule has 0 unspecified atom stereocenters. The molecule has 4 nitrogen and oxygen atoms in total. The Balaban J connectivity index is 2.22. The molecule has 0 aliphatic heterocycles. The van der Waals surface area contributed by atoms with Crippen molar-refractivity contribution in [2.24, 2.45) is 0 Å². The van der Waals surface area contributed by atoms with E-state index >= 15 is 0 Å². The molecule has 0 fully saturated rings. The average Bonchev–Trinajstić information content (AvgIpc) is 2.77. The van der Waals surface area contributed by atoms with Gasteiger partial charge in [-0.05, 0) is 19.1 Å². The fraction of sp³-hybridized carbons (Fsp3) is 0.0833. The van der Waals surface area contributed by atoms with Gasteiger partial charge in [-0.1, -0.05) is 12.1 Å². The Morgan fingerprint density at radius 2 is 2.24 bits per heavy atom. The van der Waals surface area contributed by atoms with Crippen LogP contribution in [0.25, 0.3) is 0 Å². The summed E-state index contributed by atoms with van der Waals surface area (Å²) in [5.41, 5.74) is 1.76. The van der Waals surface area contributed by atoms with Gasteiger partial charge in [0.1, 0.15) is 6.07 Å². The van der Waals surface area contributed by atoms with Crippen molar-refractivity contribution in [3.63, 3.8) is 0 Å². The second kappa shape index (κ2) is 4.76. The molecule has 0 aliphatic rings. The van der Waals surface area contributed by atoms with Crippen molar-refractivity contribution < 1.29 is 4.79 Å². The van der Waals surface area contributed by atoms with Crippen molar-refractivity contribution in [3.05, 3.63) is 45.9 Å². The van der Waals surface area contributed by atoms with Gasteiger partial charge in [-0.2, -0.15) is 5.26 Å². The molecule has 0 atom stereocenters. The molecule has 2 rings (SSSR count). The normalized spacial score (nSPS) is 9.65. The van der Waals surface area contributed by atoms with Gasteiger partial charge in [0.25, 0.3) is 5.91 Å². The van der Waals surface area contributed by atoms with E-state index in [2.05, 4.69) is 10.3 Å². The number of hydrogen-bond acceptors (Lipinski definition) is 4. The minimum Gasteiger partial charge on any atom is -0.319 e. The molecule has 17 heavy (non-hydrogen) atoms. The summed E-state index contributed by atoms with van der Waals surface area (Å²) in [7, 11) is 0. The molecule has 0 saturated heterocycles. The number of para-hydroxylation sites is 1. The Morgan fingerprint density at radius 1 is 1.47 bits per heavy atom. The van der Waals surface area contributed by atoms with Crippen molar-refractivity contribution in [3.8, 4) is 6.07 Å². The molecular weight excluding hydrogens is 234 g/mol. The van der Waals surface area contributed by atoms with Crippen LogP contribution in [0.1, 0.15) is 21.1 Å². The number of rotatable bonds is 2. The van der Waals surface area contributed by atoms with E-state index in [9.17, 15) is 4.79 Å². The summed E-state index contributed by atoms with van der Waals surface area (Å²) >= 11 is 1.28. The maximum absolute atomic E-state index is 11.8. The number of hydrogen-bond donors (Lipinski definition) is 1. The lowest BCUT2D eigenvalue weighted by molar-refractivity contribution is 0.102. The topological polar surface area (TPSA) is 65.8 Å². The highest BCUT2D eigenvalue weighted by atomic mass is 32.1. The Bertz CT molecular complexity index is 598. The number of nitrogens with one attached hydrogen (secondary N) is 1. The molecule has 0 aliphatic carbocycles. The van der Waals surface area contributed by atoms with Crippen LogP contribution in [0.2, 0.25) is 0 Å². The van der Waals surface area contributed by atoms with E-state index in [1.807, 2.05) is 18.4 Å². The number of carbonyl (C=O) groups excluding carboxylic acids is 1. The molecule has 0 radical (unpaired) electrons. The number of amides is 1. The molecule has 0 saturated carbocycles. The van der Waals surface area contributed by atoms with E-state index in [4.69, 9.17) is 5.26 Å². The third kappa shape index (κ3) is 2.49. The first-order valence-electron chi connectivity index (χ1n) is 4.93. The molecule has 5 heteroatoms. The fourth-order valence-electron chi connectivity index (χ4n) is 1.32. The first kappa shape index (κ1) is 11.3. The highest BCUT2D eigenvalue weighted by Gasteiger charge is 2.11. The standard InChI is InChI=1S/C12H9N3OS/c1-8-7-17-12(14-8)11(16)15-10-5-3-2-4-9(10)6-13/h2-5,7H,1H3,(H,15,16). The van der Waals surface area contributed by atoms with Gasteiger partial charge in [-0.3, -0.25) is 4.79 Å². The van der Waals surface area contributed by atoms with Crippen LogP contribution in [-0.2, 0) is 0 Å². The Morgan fingerprint density at radius 3 is 2.88 bits per heavy atom. The summed E-state index contributed by atoms with van der Waals surface area (Å²) < 4.78 is 0. The second-order valence-electron chi connectivity index (χ2n) is 3.41. The average molecular weight is 243 g/mol. The molecule has 2 aromatic rings. The predicted octanol–water partition coefficient (Wildman–Crippen LogP) is 2.58. The Kier molecular flexibility index (Phi) is 3.17.